The van der Waals surface area contributed by atoms with Crippen LogP contribution < -0.4 is 5.32 Å². The van der Waals surface area contributed by atoms with E-state index in [1.54, 1.807) is 0 Å². The largest absolute Gasteiger partial charge is 0.456 e. The average molecular weight is 243 g/mol. The summed E-state index contributed by atoms with van der Waals surface area (Å²) < 4.78 is 28.0. The second kappa shape index (κ2) is 5.93. The van der Waals surface area contributed by atoms with Gasteiger partial charge in [-0.2, -0.15) is 0 Å². The first-order valence-corrected chi connectivity index (χ1v) is 4.82. The van der Waals surface area contributed by atoms with Crippen LogP contribution in [0, 0.1) is 0 Å². The molecular formula is C11H11F2NO3. The molecule has 0 aliphatic carbocycles. The zero-order valence-electron chi connectivity index (χ0n) is 9.07. The van der Waals surface area contributed by atoms with E-state index in [0.29, 0.717) is 0 Å². The van der Waals surface area contributed by atoms with Gasteiger partial charge < -0.3 is 10.1 Å². The molecule has 1 N–H and O–H groups in total. The SMILES string of the molecule is CNC(=O)c1cccc(C(=O)OCC(F)F)c1. The van der Waals surface area contributed by atoms with Gasteiger partial charge in [-0.15, -0.1) is 0 Å². The van der Waals surface area contributed by atoms with Crippen LogP contribution >= 0.6 is 0 Å². The molecule has 0 radical (unpaired) electrons. The highest BCUT2D eigenvalue weighted by Gasteiger charge is 2.12. The predicted octanol–water partition coefficient (Wildman–Crippen LogP) is 1.47. The minimum atomic E-state index is -2.71. The number of alkyl halides is 2. The molecule has 1 amide bonds. The third kappa shape index (κ3) is 3.82. The molecule has 6 heteroatoms. The van der Waals surface area contributed by atoms with Crippen LogP contribution in [-0.4, -0.2) is 32.0 Å². The van der Waals surface area contributed by atoms with Gasteiger partial charge in [0.05, 0.1) is 5.56 Å². The molecule has 1 aromatic rings. The van der Waals surface area contributed by atoms with E-state index in [1.165, 1.54) is 31.3 Å². The number of hydrogen-bond donors (Lipinski definition) is 1. The summed E-state index contributed by atoms with van der Waals surface area (Å²) in [6.07, 6.45) is -2.71. The first kappa shape index (κ1) is 13.1. The lowest BCUT2D eigenvalue weighted by Gasteiger charge is -2.05. The van der Waals surface area contributed by atoms with Gasteiger partial charge in [0.2, 0.25) is 0 Å². The summed E-state index contributed by atoms with van der Waals surface area (Å²) in [6, 6.07) is 5.65. The third-order valence-corrected chi connectivity index (χ3v) is 1.93. The van der Waals surface area contributed by atoms with Gasteiger partial charge in [-0.1, -0.05) is 6.07 Å². The van der Waals surface area contributed by atoms with Gasteiger partial charge in [-0.05, 0) is 18.2 Å². The van der Waals surface area contributed by atoms with E-state index in [1.807, 2.05) is 0 Å². The van der Waals surface area contributed by atoms with Crippen LogP contribution in [-0.2, 0) is 4.74 Å². The molecule has 0 spiro atoms. The van der Waals surface area contributed by atoms with Gasteiger partial charge in [-0.3, -0.25) is 4.79 Å². The molecule has 0 aliphatic heterocycles. The normalized spacial score (nSPS) is 10.1. The van der Waals surface area contributed by atoms with E-state index in [4.69, 9.17) is 0 Å². The number of amides is 1. The fourth-order valence-electron chi connectivity index (χ4n) is 1.15. The molecule has 1 aromatic carbocycles. The van der Waals surface area contributed by atoms with Crippen molar-refractivity contribution in [2.24, 2.45) is 0 Å². The van der Waals surface area contributed by atoms with Gasteiger partial charge in [0, 0.05) is 12.6 Å². The van der Waals surface area contributed by atoms with Crippen LogP contribution in [0.25, 0.3) is 0 Å². The van der Waals surface area contributed by atoms with Crippen molar-refractivity contribution < 1.29 is 23.1 Å². The van der Waals surface area contributed by atoms with E-state index in [9.17, 15) is 18.4 Å². The molecule has 0 saturated heterocycles. The Morgan fingerprint density at radius 2 is 2.00 bits per heavy atom. The predicted molar refractivity (Wildman–Crippen MR) is 56.1 cm³/mol. The van der Waals surface area contributed by atoms with Crippen molar-refractivity contribution in [3.63, 3.8) is 0 Å². The maximum absolute atomic E-state index is 11.8. The van der Waals surface area contributed by atoms with Crippen LogP contribution in [0.15, 0.2) is 24.3 Å². The van der Waals surface area contributed by atoms with Crippen LogP contribution in [0.3, 0.4) is 0 Å². The Labute approximate surface area is 96.6 Å². The third-order valence-electron chi connectivity index (χ3n) is 1.93. The summed E-state index contributed by atoms with van der Waals surface area (Å²) >= 11 is 0. The van der Waals surface area contributed by atoms with Crippen molar-refractivity contribution in [3.8, 4) is 0 Å². The fourth-order valence-corrected chi connectivity index (χ4v) is 1.15. The first-order valence-electron chi connectivity index (χ1n) is 4.82. The topological polar surface area (TPSA) is 55.4 Å². The molecule has 4 nitrogen and oxygen atoms in total. The Balaban J connectivity index is 2.77. The number of halogens is 2. The highest BCUT2D eigenvalue weighted by Crippen LogP contribution is 2.07. The maximum atomic E-state index is 11.8. The van der Waals surface area contributed by atoms with Gasteiger partial charge >= 0.3 is 5.97 Å². The Morgan fingerprint density at radius 3 is 2.59 bits per heavy atom. The molecule has 0 aromatic heterocycles. The Kier molecular flexibility index (Phi) is 4.56. The number of hydrogen-bond acceptors (Lipinski definition) is 3. The van der Waals surface area contributed by atoms with Crippen molar-refractivity contribution in [3.05, 3.63) is 35.4 Å². The van der Waals surface area contributed by atoms with Gasteiger partial charge in [0.25, 0.3) is 12.3 Å². The summed E-state index contributed by atoms with van der Waals surface area (Å²) in [4.78, 5) is 22.6. The molecule has 0 saturated carbocycles. The molecule has 0 aliphatic rings. The van der Waals surface area contributed by atoms with Gasteiger partial charge in [0.15, 0.2) is 6.61 Å². The summed E-state index contributed by atoms with van der Waals surface area (Å²) in [5.74, 6) is -1.25. The first-order chi connectivity index (χ1) is 8.04. The fraction of sp³-hybridized carbons (Fsp3) is 0.273. The maximum Gasteiger partial charge on any atom is 0.338 e. The molecule has 0 atom stereocenters. The number of esters is 1. The zero-order chi connectivity index (χ0) is 12.8. The molecule has 1 rings (SSSR count). The zero-order valence-corrected chi connectivity index (χ0v) is 9.07. The molecular weight excluding hydrogens is 232 g/mol. The number of rotatable bonds is 4. The molecule has 0 fully saturated rings. The lowest BCUT2D eigenvalue weighted by molar-refractivity contribution is 0.0160. The number of carbonyl (C=O) groups excluding carboxylic acids is 2. The van der Waals surface area contributed by atoms with Crippen LogP contribution in [0.1, 0.15) is 20.7 Å². The van der Waals surface area contributed by atoms with E-state index >= 15 is 0 Å². The van der Waals surface area contributed by atoms with Crippen LogP contribution in [0.4, 0.5) is 8.78 Å². The van der Waals surface area contributed by atoms with E-state index in [-0.39, 0.29) is 17.0 Å². The second-order valence-electron chi connectivity index (χ2n) is 3.15. The van der Waals surface area contributed by atoms with Gasteiger partial charge in [0.1, 0.15) is 0 Å². The van der Waals surface area contributed by atoms with Crippen molar-refractivity contribution >= 4 is 11.9 Å². The number of benzene rings is 1. The monoisotopic (exact) mass is 243 g/mol. The number of ether oxygens (including phenoxy) is 1. The smallest absolute Gasteiger partial charge is 0.338 e. The standard InChI is InChI=1S/C11H11F2NO3/c1-14-10(15)7-3-2-4-8(5-7)11(16)17-6-9(12)13/h2-5,9H,6H2,1H3,(H,14,15). The number of carbonyl (C=O) groups is 2. The Morgan fingerprint density at radius 1 is 1.35 bits per heavy atom. The minimum absolute atomic E-state index is 0.0618. The molecule has 17 heavy (non-hydrogen) atoms. The molecule has 0 unspecified atom stereocenters. The van der Waals surface area contributed by atoms with Crippen LogP contribution in [0.2, 0.25) is 0 Å². The summed E-state index contributed by atoms with van der Waals surface area (Å²) in [7, 11) is 1.45. The van der Waals surface area contributed by atoms with E-state index in [2.05, 4.69) is 10.1 Å². The van der Waals surface area contributed by atoms with Crippen molar-refractivity contribution in [1.29, 1.82) is 0 Å². The Hall–Kier alpha value is -1.98. The quantitative estimate of drug-likeness (QED) is 0.815. The lowest BCUT2D eigenvalue weighted by Crippen LogP contribution is -2.18. The Bertz CT molecular complexity index is 421. The molecule has 92 valence electrons. The highest BCUT2D eigenvalue weighted by molar-refractivity contribution is 5.97. The average Bonchev–Trinajstić information content (AvgIpc) is 2.35. The molecule has 0 heterocycles. The summed E-state index contributed by atoms with van der Waals surface area (Å²) in [6.45, 7) is -0.955. The second-order valence-corrected chi connectivity index (χ2v) is 3.15. The number of nitrogens with one attached hydrogen (secondary N) is 1. The molecule has 0 bridgehead atoms. The van der Waals surface area contributed by atoms with Crippen molar-refractivity contribution in [2.45, 2.75) is 6.43 Å². The van der Waals surface area contributed by atoms with E-state index in [0.717, 1.165) is 0 Å². The van der Waals surface area contributed by atoms with Crippen molar-refractivity contribution in [2.75, 3.05) is 13.7 Å². The summed E-state index contributed by atoms with van der Waals surface area (Å²) in [5, 5.41) is 2.39. The van der Waals surface area contributed by atoms with Crippen LogP contribution in [0.5, 0.6) is 0 Å². The minimum Gasteiger partial charge on any atom is -0.456 e. The highest BCUT2D eigenvalue weighted by atomic mass is 19.3. The van der Waals surface area contributed by atoms with Crippen molar-refractivity contribution in [1.82, 2.24) is 5.32 Å². The lowest BCUT2D eigenvalue weighted by atomic mass is 10.1. The van der Waals surface area contributed by atoms with Gasteiger partial charge in [-0.25, -0.2) is 13.6 Å². The van der Waals surface area contributed by atoms with E-state index < -0.39 is 19.0 Å². The summed E-state index contributed by atoms with van der Waals surface area (Å²) in [5.41, 5.74) is 0.325.